The Kier molecular flexibility index (Phi) is 3.80. The molecule has 21 heavy (non-hydrogen) atoms. The van der Waals surface area contributed by atoms with Gasteiger partial charge in [0, 0.05) is 12.2 Å². The second-order valence-corrected chi connectivity index (χ2v) is 7.34. The van der Waals surface area contributed by atoms with Gasteiger partial charge in [-0.15, -0.1) is 0 Å². The van der Waals surface area contributed by atoms with Gasteiger partial charge in [0.25, 0.3) is 0 Å². The number of esters is 2. The Morgan fingerprint density at radius 3 is 1.90 bits per heavy atom. The molecule has 0 saturated heterocycles. The normalized spacial score (nSPS) is 37.2. The third-order valence-corrected chi connectivity index (χ3v) is 5.01. The van der Waals surface area contributed by atoms with E-state index in [4.69, 9.17) is 9.47 Å². The molecule has 4 aliphatic carbocycles. The fourth-order valence-corrected chi connectivity index (χ4v) is 4.81. The van der Waals surface area contributed by atoms with Crippen molar-refractivity contribution in [3.63, 3.8) is 0 Å². The van der Waals surface area contributed by atoms with Crippen molar-refractivity contribution in [3.8, 4) is 0 Å². The van der Waals surface area contributed by atoms with Crippen molar-refractivity contribution in [2.75, 3.05) is 0 Å². The van der Waals surface area contributed by atoms with Gasteiger partial charge in [0.2, 0.25) is 0 Å². The highest BCUT2D eigenvalue weighted by Gasteiger charge is 2.53. The Hall–Kier alpha value is -1.32. The first kappa shape index (κ1) is 14.6. The van der Waals surface area contributed by atoms with E-state index in [0.29, 0.717) is 0 Å². The fraction of sp³-hybridized carbons (Fsp3) is 0.765. The van der Waals surface area contributed by atoms with Crippen LogP contribution in [0.3, 0.4) is 0 Å². The maximum absolute atomic E-state index is 12.0. The zero-order valence-corrected chi connectivity index (χ0v) is 12.8. The second-order valence-electron chi connectivity index (χ2n) is 7.34. The zero-order chi connectivity index (χ0) is 15.0. The van der Waals surface area contributed by atoms with Crippen LogP contribution < -0.4 is 0 Å². The number of carbonyl (C=O) groups excluding carboxylic acids is 2. The molecule has 116 valence electrons. The van der Waals surface area contributed by atoms with Gasteiger partial charge in [0.1, 0.15) is 5.60 Å². The maximum Gasteiger partial charge on any atom is 0.331 e. The van der Waals surface area contributed by atoms with Crippen LogP contribution >= 0.6 is 0 Å². The third-order valence-electron chi connectivity index (χ3n) is 5.01. The lowest BCUT2D eigenvalue weighted by atomic mass is 9.54. The summed E-state index contributed by atoms with van der Waals surface area (Å²) in [5, 5.41) is 0. The molecule has 4 heteroatoms. The number of hydrogen-bond donors (Lipinski definition) is 0. The van der Waals surface area contributed by atoms with Gasteiger partial charge in [-0.05, 0) is 70.1 Å². The summed E-state index contributed by atoms with van der Waals surface area (Å²) in [5.74, 6) is 1.31. The first-order valence-electron chi connectivity index (χ1n) is 8.06. The summed E-state index contributed by atoms with van der Waals surface area (Å²) in [4.78, 5) is 23.4. The van der Waals surface area contributed by atoms with Crippen molar-refractivity contribution in [2.45, 2.75) is 64.1 Å². The van der Waals surface area contributed by atoms with Gasteiger partial charge in [-0.1, -0.05) is 0 Å². The van der Waals surface area contributed by atoms with Gasteiger partial charge < -0.3 is 9.47 Å². The van der Waals surface area contributed by atoms with Crippen LogP contribution in [-0.2, 0) is 19.1 Å². The predicted octanol–water partition coefficient (Wildman–Crippen LogP) is 3.01. The summed E-state index contributed by atoms with van der Waals surface area (Å²) in [5.41, 5.74) is -0.252. The Balaban J connectivity index is 1.58. The Labute approximate surface area is 125 Å². The first-order valence-corrected chi connectivity index (χ1v) is 8.06. The molecule has 4 aliphatic rings. The Bertz CT molecular complexity index is 428. The van der Waals surface area contributed by atoms with Crippen molar-refractivity contribution in [3.05, 3.63) is 12.2 Å². The molecule has 0 heterocycles. The highest BCUT2D eigenvalue weighted by atomic mass is 16.6. The van der Waals surface area contributed by atoms with Gasteiger partial charge in [-0.25, -0.2) is 9.59 Å². The van der Waals surface area contributed by atoms with Crippen molar-refractivity contribution in [1.29, 1.82) is 0 Å². The zero-order valence-electron chi connectivity index (χ0n) is 12.8. The van der Waals surface area contributed by atoms with E-state index in [1.165, 1.54) is 31.4 Å². The van der Waals surface area contributed by atoms with E-state index in [9.17, 15) is 9.59 Å². The molecule has 4 nitrogen and oxygen atoms in total. The fourth-order valence-electron chi connectivity index (χ4n) is 4.81. The SMILES string of the molecule is CC(C)OC(=O)/C=C/C(=O)OC12CC3CC(CC(C3)C1)C2. The molecule has 0 aromatic heterocycles. The van der Waals surface area contributed by atoms with Crippen LogP contribution in [0.4, 0.5) is 0 Å². The van der Waals surface area contributed by atoms with Crippen LogP contribution in [0.2, 0.25) is 0 Å². The lowest BCUT2D eigenvalue weighted by Gasteiger charge is -2.55. The first-order chi connectivity index (χ1) is 9.94. The van der Waals surface area contributed by atoms with E-state index in [-0.39, 0.29) is 11.7 Å². The smallest absolute Gasteiger partial charge is 0.331 e. The highest BCUT2D eigenvalue weighted by Crippen LogP contribution is 2.57. The lowest BCUT2D eigenvalue weighted by molar-refractivity contribution is -0.181. The van der Waals surface area contributed by atoms with Crippen molar-refractivity contribution >= 4 is 11.9 Å². The van der Waals surface area contributed by atoms with E-state index in [2.05, 4.69) is 0 Å². The van der Waals surface area contributed by atoms with E-state index >= 15 is 0 Å². The van der Waals surface area contributed by atoms with Crippen LogP contribution in [0.1, 0.15) is 52.4 Å². The molecule has 0 aromatic rings. The van der Waals surface area contributed by atoms with E-state index in [1.807, 2.05) is 0 Å². The molecule has 0 N–H and O–H groups in total. The molecule has 4 bridgehead atoms. The largest absolute Gasteiger partial charge is 0.460 e. The Morgan fingerprint density at radius 2 is 1.43 bits per heavy atom. The van der Waals surface area contributed by atoms with Gasteiger partial charge in [-0.3, -0.25) is 0 Å². The third kappa shape index (κ3) is 3.30. The average molecular weight is 292 g/mol. The molecular formula is C17H24O4. The molecule has 4 saturated carbocycles. The maximum atomic E-state index is 12.0. The summed E-state index contributed by atoms with van der Waals surface area (Å²) >= 11 is 0. The predicted molar refractivity (Wildman–Crippen MR) is 77.4 cm³/mol. The topological polar surface area (TPSA) is 52.6 Å². The molecule has 0 aromatic carbocycles. The standard InChI is InChI=1S/C17H24O4/c1-11(2)20-15(18)3-4-16(19)21-17-8-12-5-13(9-17)7-14(6-12)10-17/h3-4,11-14H,5-10H2,1-2H3/b4-3+. The second kappa shape index (κ2) is 5.47. The van der Waals surface area contributed by atoms with Crippen molar-refractivity contribution < 1.29 is 19.1 Å². The molecule has 0 aliphatic heterocycles. The van der Waals surface area contributed by atoms with Gasteiger partial charge in [0.15, 0.2) is 0 Å². The molecule has 0 amide bonds. The van der Waals surface area contributed by atoms with Crippen LogP contribution in [0.25, 0.3) is 0 Å². The molecule has 0 unspecified atom stereocenters. The number of hydrogen-bond acceptors (Lipinski definition) is 4. The number of carbonyl (C=O) groups is 2. The van der Waals surface area contributed by atoms with E-state index in [1.54, 1.807) is 13.8 Å². The lowest BCUT2D eigenvalue weighted by Crippen LogP contribution is -2.52. The summed E-state index contributed by atoms with van der Waals surface area (Å²) in [7, 11) is 0. The van der Waals surface area contributed by atoms with Gasteiger partial charge in [0.05, 0.1) is 6.10 Å². The molecule has 4 rings (SSSR count). The minimum absolute atomic E-state index is 0.179. The van der Waals surface area contributed by atoms with Crippen LogP contribution in [0.15, 0.2) is 12.2 Å². The highest BCUT2D eigenvalue weighted by molar-refractivity contribution is 5.91. The molecule has 0 spiro atoms. The van der Waals surface area contributed by atoms with Gasteiger partial charge in [-0.2, -0.15) is 0 Å². The molecule has 0 atom stereocenters. The Morgan fingerprint density at radius 1 is 0.952 bits per heavy atom. The van der Waals surface area contributed by atoms with Crippen molar-refractivity contribution in [2.24, 2.45) is 17.8 Å². The van der Waals surface area contributed by atoms with E-state index in [0.717, 1.165) is 37.0 Å². The van der Waals surface area contributed by atoms with Crippen LogP contribution in [-0.4, -0.2) is 23.6 Å². The summed E-state index contributed by atoms with van der Waals surface area (Å²) < 4.78 is 10.7. The summed E-state index contributed by atoms with van der Waals surface area (Å²) in [6.07, 6.45) is 9.17. The minimum Gasteiger partial charge on any atom is -0.460 e. The average Bonchev–Trinajstić information content (AvgIpc) is 2.33. The molecule has 4 fully saturated rings. The molecular weight excluding hydrogens is 268 g/mol. The summed E-state index contributed by atoms with van der Waals surface area (Å²) in [6, 6.07) is 0. The monoisotopic (exact) mass is 292 g/mol. The van der Waals surface area contributed by atoms with E-state index < -0.39 is 11.9 Å². The van der Waals surface area contributed by atoms with Gasteiger partial charge >= 0.3 is 11.9 Å². The van der Waals surface area contributed by atoms with Crippen molar-refractivity contribution in [1.82, 2.24) is 0 Å². The number of ether oxygens (including phenoxy) is 2. The van der Waals surface area contributed by atoms with Crippen LogP contribution in [0, 0.1) is 17.8 Å². The van der Waals surface area contributed by atoms with Crippen LogP contribution in [0.5, 0.6) is 0 Å². The molecule has 0 radical (unpaired) electrons. The number of rotatable bonds is 4. The summed E-state index contributed by atoms with van der Waals surface area (Å²) in [6.45, 7) is 3.55. The minimum atomic E-state index is -0.493. The quantitative estimate of drug-likeness (QED) is 0.590.